The fourth-order valence-electron chi connectivity index (χ4n) is 2.31. The van der Waals surface area contributed by atoms with E-state index in [1.807, 2.05) is 18.2 Å². The number of carbonyl (C=O) groups is 1. The zero-order valence-corrected chi connectivity index (χ0v) is 9.95. The van der Waals surface area contributed by atoms with Gasteiger partial charge in [-0.25, -0.2) is 4.39 Å². The van der Waals surface area contributed by atoms with E-state index in [2.05, 4.69) is 0 Å². The molecule has 1 aromatic rings. The van der Waals surface area contributed by atoms with Gasteiger partial charge in [-0.1, -0.05) is 31.2 Å². The number of aliphatic carboxylic acids is 1. The molecule has 3 heteroatoms. The van der Waals surface area contributed by atoms with Crippen LogP contribution >= 0.6 is 0 Å². The molecule has 92 valence electrons. The van der Waals surface area contributed by atoms with Gasteiger partial charge in [0.15, 0.2) is 0 Å². The van der Waals surface area contributed by atoms with Crippen molar-refractivity contribution in [3.8, 4) is 0 Å². The molecule has 0 saturated heterocycles. The molecule has 17 heavy (non-hydrogen) atoms. The number of alkyl halides is 1. The largest absolute Gasteiger partial charge is 0.481 e. The SMILES string of the molecule is CC(Cc1ccccc1C1(F)CCC1)C(=O)O. The molecule has 1 atom stereocenters. The molecule has 1 aliphatic rings. The molecule has 2 rings (SSSR count). The number of hydrogen-bond acceptors (Lipinski definition) is 1. The predicted octanol–water partition coefficient (Wildman–Crippen LogP) is 3.30. The molecule has 0 radical (unpaired) electrons. The molecular formula is C14H17FO2. The number of carboxylic acid groups (broad SMARTS) is 1. The molecule has 0 amide bonds. The van der Waals surface area contributed by atoms with Crippen LogP contribution in [0.4, 0.5) is 4.39 Å². The first kappa shape index (κ1) is 12.1. The minimum absolute atomic E-state index is 0.400. The second kappa shape index (κ2) is 4.47. The van der Waals surface area contributed by atoms with Gasteiger partial charge in [0.2, 0.25) is 0 Å². The minimum atomic E-state index is -1.21. The number of rotatable bonds is 4. The van der Waals surface area contributed by atoms with E-state index < -0.39 is 17.6 Å². The van der Waals surface area contributed by atoms with Gasteiger partial charge in [0.25, 0.3) is 0 Å². The summed E-state index contributed by atoms with van der Waals surface area (Å²) in [7, 11) is 0. The monoisotopic (exact) mass is 236 g/mol. The van der Waals surface area contributed by atoms with E-state index in [9.17, 15) is 9.18 Å². The van der Waals surface area contributed by atoms with Crippen LogP contribution in [0.25, 0.3) is 0 Å². The molecule has 0 bridgehead atoms. The summed E-state index contributed by atoms with van der Waals surface area (Å²) in [6.07, 6.45) is 2.44. The fraction of sp³-hybridized carbons (Fsp3) is 0.500. The van der Waals surface area contributed by atoms with Crippen LogP contribution < -0.4 is 0 Å². The molecule has 1 saturated carbocycles. The molecule has 2 nitrogen and oxygen atoms in total. The van der Waals surface area contributed by atoms with Crippen LogP contribution in [0.2, 0.25) is 0 Å². The van der Waals surface area contributed by atoms with Crippen molar-refractivity contribution < 1.29 is 14.3 Å². The lowest BCUT2D eigenvalue weighted by Crippen LogP contribution is -2.30. The summed E-state index contributed by atoms with van der Waals surface area (Å²) in [5, 5.41) is 8.91. The Labute approximate surface area is 100 Å². The average molecular weight is 236 g/mol. The Kier molecular flexibility index (Phi) is 3.18. The Hall–Kier alpha value is -1.38. The predicted molar refractivity (Wildman–Crippen MR) is 63.6 cm³/mol. The molecule has 1 aromatic carbocycles. The second-order valence-electron chi connectivity index (χ2n) is 4.92. The number of carboxylic acids is 1. The van der Waals surface area contributed by atoms with Crippen LogP contribution in [-0.4, -0.2) is 11.1 Å². The highest BCUT2D eigenvalue weighted by Gasteiger charge is 2.40. The highest BCUT2D eigenvalue weighted by Crippen LogP contribution is 2.46. The third-order valence-electron chi connectivity index (χ3n) is 3.59. The van der Waals surface area contributed by atoms with Crippen molar-refractivity contribution in [1.29, 1.82) is 0 Å². The minimum Gasteiger partial charge on any atom is -0.481 e. The zero-order chi connectivity index (χ0) is 12.5. The van der Waals surface area contributed by atoms with Crippen LogP contribution in [0, 0.1) is 5.92 Å². The van der Waals surface area contributed by atoms with E-state index in [0.717, 1.165) is 12.0 Å². The van der Waals surface area contributed by atoms with Gasteiger partial charge in [0.05, 0.1) is 5.92 Å². The van der Waals surface area contributed by atoms with Gasteiger partial charge in [0, 0.05) is 0 Å². The van der Waals surface area contributed by atoms with E-state index in [1.165, 1.54) is 0 Å². The van der Waals surface area contributed by atoms with Gasteiger partial charge in [0.1, 0.15) is 5.67 Å². The molecule has 1 N–H and O–H groups in total. The Morgan fingerprint density at radius 1 is 1.47 bits per heavy atom. The van der Waals surface area contributed by atoms with Gasteiger partial charge in [-0.2, -0.15) is 0 Å². The van der Waals surface area contributed by atoms with Gasteiger partial charge in [-0.15, -0.1) is 0 Å². The summed E-state index contributed by atoms with van der Waals surface area (Å²) in [6.45, 7) is 1.66. The van der Waals surface area contributed by atoms with Crippen LogP contribution in [0.15, 0.2) is 24.3 Å². The van der Waals surface area contributed by atoms with Gasteiger partial charge in [-0.3, -0.25) is 4.79 Å². The summed E-state index contributed by atoms with van der Waals surface area (Å²) in [5.41, 5.74) is 0.318. The second-order valence-corrected chi connectivity index (χ2v) is 4.92. The summed E-state index contributed by atoms with van der Waals surface area (Å²) >= 11 is 0. The first-order valence-electron chi connectivity index (χ1n) is 6.03. The van der Waals surface area contributed by atoms with Gasteiger partial charge >= 0.3 is 5.97 Å². The van der Waals surface area contributed by atoms with E-state index in [-0.39, 0.29) is 0 Å². The zero-order valence-electron chi connectivity index (χ0n) is 9.95. The summed E-state index contributed by atoms with van der Waals surface area (Å²) in [6, 6.07) is 7.30. The van der Waals surface area contributed by atoms with Crippen LogP contribution in [0.3, 0.4) is 0 Å². The highest BCUT2D eigenvalue weighted by atomic mass is 19.1. The van der Waals surface area contributed by atoms with Crippen molar-refractivity contribution in [2.75, 3.05) is 0 Å². The third kappa shape index (κ3) is 2.33. The summed E-state index contributed by atoms with van der Waals surface area (Å²) in [4.78, 5) is 10.9. The molecular weight excluding hydrogens is 219 g/mol. The smallest absolute Gasteiger partial charge is 0.306 e. The lowest BCUT2D eigenvalue weighted by Gasteiger charge is -2.36. The number of hydrogen-bond donors (Lipinski definition) is 1. The summed E-state index contributed by atoms with van der Waals surface area (Å²) < 4.78 is 14.4. The average Bonchev–Trinajstić information content (AvgIpc) is 2.26. The fourth-order valence-corrected chi connectivity index (χ4v) is 2.31. The van der Waals surface area contributed by atoms with Crippen LogP contribution in [-0.2, 0) is 16.9 Å². The van der Waals surface area contributed by atoms with Crippen molar-refractivity contribution in [2.24, 2.45) is 5.92 Å². The molecule has 0 aliphatic heterocycles. The van der Waals surface area contributed by atoms with E-state index in [1.54, 1.807) is 13.0 Å². The first-order chi connectivity index (χ1) is 8.03. The maximum atomic E-state index is 14.4. The van der Waals surface area contributed by atoms with Crippen molar-refractivity contribution in [3.05, 3.63) is 35.4 Å². The van der Waals surface area contributed by atoms with Crippen LogP contribution in [0.5, 0.6) is 0 Å². The maximum Gasteiger partial charge on any atom is 0.306 e. The van der Waals surface area contributed by atoms with Crippen molar-refractivity contribution in [2.45, 2.75) is 38.3 Å². The highest BCUT2D eigenvalue weighted by molar-refractivity contribution is 5.70. The van der Waals surface area contributed by atoms with Gasteiger partial charge < -0.3 is 5.11 Å². The van der Waals surface area contributed by atoms with E-state index in [0.29, 0.717) is 24.8 Å². The number of halogens is 1. The maximum absolute atomic E-state index is 14.4. The molecule has 0 spiro atoms. The quantitative estimate of drug-likeness (QED) is 0.870. The molecule has 0 aromatic heterocycles. The third-order valence-corrected chi connectivity index (χ3v) is 3.59. The topological polar surface area (TPSA) is 37.3 Å². The Balaban J connectivity index is 2.25. The molecule has 1 aliphatic carbocycles. The molecule has 1 fully saturated rings. The Morgan fingerprint density at radius 3 is 2.65 bits per heavy atom. The van der Waals surface area contributed by atoms with Crippen molar-refractivity contribution in [3.63, 3.8) is 0 Å². The van der Waals surface area contributed by atoms with Gasteiger partial charge in [-0.05, 0) is 36.8 Å². The van der Waals surface area contributed by atoms with Crippen LogP contribution in [0.1, 0.15) is 37.3 Å². The van der Waals surface area contributed by atoms with Crippen molar-refractivity contribution in [1.82, 2.24) is 0 Å². The van der Waals surface area contributed by atoms with Crippen molar-refractivity contribution >= 4 is 5.97 Å². The number of benzene rings is 1. The standard InChI is InChI=1S/C14H17FO2/c1-10(13(16)17)9-11-5-2-3-6-12(11)14(15)7-4-8-14/h2-3,5-6,10H,4,7-9H2,1H3,(H,16,17). The lowest BCUT2D eigenvalue weighted by molar-refractivity contribution is -0.141. The Morgan fingerprint density at radius 2 is 2.12 bits per heavy atom. The first-order valence-corrected chi connectivity index (χ1v) is 6.03. The van der Waals surface area contributed by atoms with E-state index in [4.69, 9.17) is 5.11 Å². The molecule has 0 heterocycles. The van der Waals surface area contributed by atoms with E-state index >= 15 is 0 Å². The lowest BCUT2D eigenvalue weighted by atomic mass is 9.74. The summed E-state index contributed by atoms with van der Waals surface area (Å²) in [5.74, 6) is -1.30. The normalized spacial score (nSPS) is 19.4. The Bertz CT molecular complexity index is 424. The molecule has 1 unspecified atom stereocenters.